The van der Waals surface area contributed by atoms with Gasteiger partial charge in [0.15, 0.2) is 0 Å². The van der Waals surface area contributed by atoms with Crippen molar-refractivity contribution >= 4 is 0 Å². The molecule has 1 N–H and O–H groups in total. The van der Waals surface area contributed by atoms with E-state index in [0.29, 0.717) is 5.75 Å². The molecule has 5 aromatic carbocycles. The van der Waals surface area contributed by atoms with Gasteiger partial charge in [0.05, 0.1) is 0 Å². The van der Waals surface area contributed by atoms with Crippen LogP contribution in [0.4, 0.5) is 0 Å². The minimum Gasteiger partial charge on any atom is -0.508 e. The smallest absolute Gasteiger partial charge is 0.116 e. The predicted molar refractivity (Wildman–Crippen MR) is 141 cm³/mol. The maximum atomic E-state index is 10.3. The molecule has 166 valence electrons. The lowest BCUT2D eigenvalue weighted by molar-refractivity contribution is 0.475. The zero-order valence-electron chi connectivity index (χ0n) is 19.2. The molecule has 0 heterocycles. The van der Waals surface area contributed by atoms with Crippen molar-refractivity contribution in [2.45, 2.75) is 19.3 Å². The normalized spacial score (nSPS) is 10.8. The first-order chi connectivity index (χ1) is 16.7. The summed E-state index contributed by atoms with van der Waals surface area (Å²) in [5.74, 6) is 0.294. The monoisotopic (exact) mass is 440 g/mol. The third kappa shape index (κ3) is 5.27. The standard InChI is InChI=1S/C33H28O/c34-32-18-10-17-29(24-32)33-30(20-26-13-6-2-7-14-26)22-28(19-25-11-4-1-5-12-25)23-31(33)21-27-15-8-3-9-16-27/h1-18,22-24,34H,19-21H2. The second-order valence-corrected chi connectivity index (χ2v) is 8.83. The lowest BCUT2D eigenvalue weighted by Crippen LogP contribution is -2.02. The van der Waals surface area contributed by atoms with E-state index in [1.54, 1.807) is 6.07 Å². The number of hydrogen-bond donors (Lipinski definition) is 1. The number of benzene rings is 5. The maximum absolute atomic E-state index is 10.3. The highest BCUT2D eigenvalue weighted by Crippen LogP contribution is 2.34. The van der Waals surface area contributed by atoms with E-state index in [0.717, 1.165) is 24.8 Å². The van der Waals surface area contributed by atoms with Crippen molar-refractivity contribution in [1.29, 1.82) is 0 Å². The van der Waals surface area contributed by atoms with Gasteiger partial charge in [0.25, 0.3) is 0 Å². The van der Waals surface area contributed by atoms with Gasteiger partial charge in [0, 0.05) is 0 Å². The summed E-state index contributed by atoms with van der Waals surface area (Å²) in [7, 11) is 0. The Morgan fingerprint density at radius 3 is 1.35 bits per heavy atom. The van der Waals surface area contributed by atoms with Gasteiger partial charge in [-0.05, 0) is 75.9 Å². The summed E-state index contributed by atoms with van der Waals surface area (Å²) < 4.78 is 0. The van der Waals surface area contributed by atoms with Crippen LogP contribution >= 0.6 is 0 Å². The molecule has 1 nitrogen and oxygen atoms in total. The summed E-state index contributed by atoms with van der Waals surface area (Å²) >= 11 is 0. The Labute approximate surface area is 202 Å². The lowest BCUT2D eigenvalue weighted by Gasteiger charge is -2.19. The topological polar surface area (TPSA) is 20.2 Å². The highest BCUT2D eigenvalue weighted by molar-refractivity contribution is 5.74. The van der Waals surface area contributed by atoms with Crippen LogP contribution in [0, 0.1) is 0 Å². The zero-order valence-corrected chi connectivity index (χ0v) is 19.2. The predicted octanol–water partition coefficient (Wildman–Crippen LogP) is 7.83. The van der Waals surface area contributed by atoms with Crippen LogP contribution in [0.25, 0.3) is 11.1 Å². The second-order valence-electron chi connectivity index (χ2n) is 8.83. The third-order valence-electron chi connectivity index (χ3n) is 6.22. The molecular weight excluding hydrogens is 412 g/mol. The van der Waals surface area contributed by atoms with Crippen molar-refractivity contribution in [3.05, 3.63) is 161 Å². The first-order valence-electron chi connectivity index (χ1n) is 11.8. The highest BCUT2D eigenvalue weighted by Gasteiger charge is 2.15. The SMILES string of the molecule is Oc1cccc(-c2c(Cc3ccccc3)cc(Cc3ccccc3)cc2Cc2ccccc2)c1. The molecular formula is C33H28O. The average molecular weight is 441 g/mol. The summed E-state index contributed by atoms with van der Waals surface area (Å²) in [4.78, 5) is 0. The number of phenols is 1. The van der Waals surface area contributed by atoms with E-state index >= 15 is 0 Å². The summed E-state index contributed by atoms with van der Waals surface area (Å²) in [6, 6.07) is 44.3. The van der Waals surface area contributed by atoms with Crippen molar-refractivity contribution < 1.29 is 5.11 Å². The molecule has 0 saturated heterocycles. The van der Waals surface area contributed by atoms with E-state index in [4.69, 9.17) is 0 Å². The fraction of sp³-hybridized carbons (Fsp3) is 0.0909. The zero-order chi connectivity index (χ0) is 23.2. The van der Waals surface area contributed by atoms with Gasteiger partial charge in [-0.25, -0.2) is 0 Å². The van der Waals surface area contributed by atoms with Crippen LogP contribution in [0.5, 0.6) is 5.75 Å². The number of hydrogen-bond acceptors (Lipinski definition) is 1. The van der Waals surface area contributed by atoms with Crippen LogP contribution in [-0.2, 0) is 19.3 Å². The molecule has 0 unspecified atom stereocenters. The minimum absolute atomic E-state index is 0.294. The summed E-state index contributed by atoms with van der Waals surface area (Å²) in [6.07, 6.45) is 2.58. The van der Waals surface area contributed by atoms with Gasteiger partial charge in [-0.2, -0.15) is 0 Å². The van der Waals surface area contributed by atoms with E-state index in [1.807, 2.05) is 12.1 Å². The molecule has 5 aromatic rings. The maximum Gasteiger partial charge on any atom is 0.116 e. The Morgan fingerprint density at radius 1 is 0.412 bits per heavy atom. The second kappa shape index (κ2) is 10.2. The molecule has 0 amide bonds. The van der Waals surface area contributed by atoms with Gasteiger partial charge in [-0.1, -0.05) is 115 Å². The number of rotatable bonds is 7. The van der Waals surface area contributed by atoms with Crippen LogP contribution in [0.1, 0.15) is 33.4 Å². The van der Waals surface area contributed by atoms with Crippen LogP contribution < -0.4 is 0 Å². The lowest BCUT2D eigenvalue weighted by atomic mass is 9.85. The fourth-order valence-corrected chi connectivity index (χ4v) is 4.72. The average Bonchev–Trinajstić information content (AvgIpc) is 2.86. The molecule has 0 saturated carbocycles. The molecule has 1 heteroatoms. The molecule has 0 spiro atoms. The molecule has 0 aliphatic heterocycles. The Hall–Kier alpha value is -4.10. The van der Waals surface area contributed by atoms with Crippen LogP contribution in [-0.4, -0.2) is 5.11 Å². The van der Waals surface area contributed by atoms with Gasteiger partial charge in [-0.15, -0.1) is 0 Å². The van der Waals surface area contributed by atoms with Crippen molar-refractivity contribution in [2.24, 2.45) is 0 Å². The molecule has 0 fully saturated rings. The molecule has 0 atom stereocenters. The molecule has 0 aliphatic rings. The van der Waals surface area contributed by atoms with Crippen LogP contribution in [0.15, 0.2) is 127 Å². The van der Waals surface area contributed by atoms with Gasteiger partial charge in [-0.3, -0.25) is 0 Å². The Kier molecular flexibility index (Phi) is 6.54. The Morgan fingerprint density at radius 2 is 0.882 bits per heavy atom. The van der Waals surface area contributed by atoms with Gasteiger partial charge in [0.1, 0.15) is 5.75 Å². The van der Waals surface area contributed by atoms with Crippen LogP contribution in [0.3, 0.4) is 0 Å². The summed E-state index contributed by atoms with van der Waals surface area (Å²) in [5, 5.41) is 10.3. The number of aromatic hydroxyl groups is 1. The Bertz CT molecular complexity index is 1290. The molecule has 0 aliphatic carbocycles. The molecule has 0 aromatic heterocycles. The van der Waals surface area contributed by atoms with Crippen molar-refractivity contribution in [1.82, 2.24) is 0 Å². The molecule has 0 bridgehead atoms. The quantitative estimate of drug-likeness (QED) is 0.273. The van der Waals surface area contributed by atoms with Crippen LogP contribution in [0.2, 0.25) is 0 Å². The first-order valence-corrected chi connectivity index (χ1v) is 11.8. The van der Waals surface area contributed by atoms with E-state index in [1.165, 1.54) is 38.9 Å². The summed E-state index contributed by atoms with van der Waals surface area (Å²) in [5.41, 5.74) is 10.0. The van der Waals surface area contributed by atoms with Gasteiger partial charge >= 0.3 is 0 Å². The third-order valence-corrected chi connectivity index (χ3v) is 6.22. The first kappa shape index (κ1) is 21.7. The van der Waals surface area contributed by atoms with E-state index in [9.17, 15) is 5.11 Å². The fourth-order valence-electron chi connectivity index (χ4n) is 4.72. The van der Waals surface area contributed by atoms with Gasteiger partial charge < -0.3 is 5.11 Å². The van der Waals surface area contributed by atoms with E-state index < -0.39 is 0 Å². The minimum atomic E-state index is 0.294. The van der Waals surface area contributed by atoms with E-state index in [-0.39, 0.29) is 0 Å². The highest BCUT2D eigenvalue weighted by atomic mass is 16.3. The largest absolute Gasteiger partial charge is 0.508 e. The summed E-state index contributed by atoms with van der Waals surface area (Å²) in [6.45, 7) is 0. The van der Waals surface area contributed by atoms with Crippen molar-refractivity contribution in [3.63, 3.8) is 0 Å². The molecule has 5 rings (SSSR count). The van der Waals surface area contributed by atoms with Crippen molar-refractivity contribution in [3.8, 4) is 16.9 Å². The van der Waals surface area contributed by atoms with E-state index in [2.05, 4.69) is 109 Å². The Balaban J connectivity index is 1.68. The van der Waals surface area contributed by atoms with Gasteiger partial charge in [0.2, 0.25) is 0 Å². The molecule has 0 radical (unpaired) electrons. The van der Waals surface area contributed by atoms with Crippen molar-refractivity contribution in [2.75, 3.05) is 0 Å². The molecule has 34 heavy (non-hydrogen) atoms. The number of phenolic OH excluding ortho intramolecular Hbond substituents is 1.